The summed E-state index contributed by atoms with van der Waals surface area (Å²) < 4.78 is 5.33. The van der Waals surface area contributed by atoms with Crippen molar-refractivity contribution in [2.75, 3.05) is 12.0 Å². The Morgan fingerprint density at radius 2 is 1.62 bits per heavy atom. The highest BCUT2D eigenvalue weighted by Crippen LogP contribution is 2.42. The lowest BCUT2D eigenvalue weighted by Gasteiger charge is -2.29. The number of benzene rings is 4. The molecule has 6 rings (SSSR count). The predicted octanol–water partition coefficient (Wildman–Crippen LogP) is 7.44. The summed E-state index contributed by atoms with van der Waals surface area (Å²) in [6, 6.07) is 30.8. The number of para-hydroxylation sites is 1. The molecule has 0 radical (unpaired) electrons. The van der Waals surface area contributed by atoms with Crippen LogP contribution in [0.1, 0.15) is 62.6 Å². The smallest absolute Gasteiger partial charge is 0.254 e. The van der Waals surface area contributed by atoms with E-state index in [1.54, 1.807) is 12.0 Å². The third-order valence-electron chi connectivity index (χ3n) is 9.59. The molecule has 1 aliphatic heterocycles. The average Bonchev–Trinajstić information content (AvgIpc) is 3.94. The van der Waals surface area contributed by atoms with Gasteiger partial charge in [-0.05, 0) is 70.8 Å². The molecule has 3 amide bonds. The number of hydrogen-bond acceptors (Lipinski definition) is 4. The Labute approximate surface area is 277 Å². The van der Waals surface area contributed by atoms with E-state index in [-0.39, 0.29) is 11.8 Å². The Morgan fingerprint density at radius 3 is 2.32 bits per heavy atom. The lowest BCUT2D eigenvalue weighted by Crippen LogP contribution is -2.46. The van der Waals surface area contributed by atoms with Gasteiger partial charge in [0.2, 0.25) is 11.8 Å². The van der Waals surface area contributed by atoms with Crippen molar-refractivity contribution in [3.8, 4) is 28.0 Å². The number of unbranched alkanes of at least 4 members (excludes halogenated alkanes) is 1. The Bertz CT molecular complexity index is 1750. The summed E-state index contributed by atoms with van der Waals surface area (Å²) in [5.41, 5.74) is 12.3. The van der Waals surface area contributed by atoms with Crippen molar-refractivity contribution in [2.24, 2.45) is 23.5 Å². The summed E-state index contributed by atoms with van der Waals surface area (Å²) in [7, 11) is 1.65. The van der Waals surface area contributed by atoms with Gasteiger partial charge in [0.15, 0.2) is 0 Å². The van der Waals surface area contributed by atoms with Crippen molar-refractivity contribution >= 4 is 23.4 Å². The average molecular weight is 630 g/mol. The number of primary amides is 1. The first-order valence-corrected chi connectivity index (χ1v) is 16.7. The van der Waals surface area contributed by atoms with E-state index in [9.17, 15) is 14.4 Å². The molecule has 7 nitrogen and oxygen atoms in total. The van der Waals surface area contributed by atoms with Crippen LogP contribution in [-0.2, 0) is 20.9 Å². The highest BCUT2D eigenvalue weighted by Gasteiger charge is 2.40. The number of methoxy groups -OCH3 is 1. The molecule has 1 fully saturated rings. The molecule has 47 heavy (non-hydrogen) atoms. The van der Waals surface area contributed by atoms with Crippen molar-refractivity contribution in [3.63, 3.8) is 0 Å². The normalized spacial score (nSPS) is 16.8. The Kier molecular flexibility index (Phi) is 9.71. The molecule has 0 saturated heterocycles. The number of nitrogens with two attached hydrogens (primary N) is 1. The number of carbonyl (C=O) groups excluding carboxylic acids is 3. The second-order valence-corrected chi connectivity index (χ2v) is 12.8. The van der Waals surface area contributed by atoms with Crippen LogP contribution in [0, 0.1) is 17.8 Å². The van der Waals surface area contributed by atoms with E-state index in [4.69, 9.17) is 10.5 Å². The van der Waals surface area contributed by atoms with Crippen LogP contribution in [0.2, 0.25) is 0 Å². The second kappa shape index (κ2) is 14.2. The Balaban J connectivity index is 1.36. The number of anilines is 1. The molecule has 0 bridgehead atoms. The topological polar surface area (TPSA) is 102 Å². The number of rotatable bonds is 13. The summed E-state index contributed by atoms with van der Waals surface area (Å²) in [6.07, 6.45) is 4.98. The van der Waals surface area contributed by atoms with Crippen LogP contribution in [0.25, 0.3) is 22.3 Å². The minimum atomic E-state index is -0.933. The summed E-state index contributed by atoms with van der Waals surface area (Å²) in [5.74, 6) is -0.899. The first-order valence-electron chi connectivity index (χ1n) is 16.7. The minimum Gasteiger partial charge on any atom is -0.497 e. The van der Waals surface area contributed by atoms with Crippen LogP contribution in [0.5, 0.6) is 5.75 Å². The van der Waals surface area contributed by atoms with E-state index in [1.807, 2.05) is 84.9 Å². The van der Waals surface area contributed by atoms with Crippen LogP contribution in [-0.4, -0.2) is 24.8 Å². The number of fused-ring (bicyclic) bond motifs is 3. The first kappa shape index (κ1) is 32.0. The number of hydrogen-bond donors (Lipinski definition) is 2. The maximum atomic E-state index is 14.8. The number of nitrogens with zero attached hydrogens (tertiary/aromatic N) is 1. The first-order chi connectivity index (χ1) is 22.9. The third kappa shape index (κ3) is 7.09. The van der Waals surface area contributed by atoms with Gasteiger partial charge in [-0.1, -0.05) is 105 Å². The lowest BCUT2D eigenvalue weighted by molar-refractivity contribution is -0.136. The van der Waals surface area contributed by atoms with Gasteiger partial charge < -0.3 is 20.7 Å². The Hall–Kier alpha value is -4.91. The fourth-order valence-electron chi connectivity index (χ4n) is 6.84. The molecule has 0 spiro atoms. The van der Waals surface area contributed by atoms with Crippen molar-refractivity contribution in [3.05, 3.63) is 108 Å². The van der Waals surface area contributed by atoms with Crippen molar-refractivity contribution in [1.82, 2.24) is 5.32 Å². The highest BCUT2D eigenvalue weighted by atomic mass is 16.5. The number of nitrogens with one attached hydrogen (secondary N) is 1. The van der Waals surface area contributed by atoms with Crippen LogP contribution >= 0.6 is 0 Å². The number of carbonyl (C=O) groups is 3. The van der Waals surface area contributed by atoms with Crippen LogP contribution in [0.3, 0.4) is 0 Å². The van der Waals surface area contributed by atoms with Crippen LogP contribution < -0.4 is 20.7 Å². The van der Waals surface area contributed by atoms with E-state index in [1.165, 1.54) is 0 Å². The van der Waals surface area contributed by atoms with E-state index in [0.717, 1.165) is 70.5 Å². The minimum absolute atomic E-state index is 0.222. The molecule has 7 heteroatoms. The fraction of sp³-hybridized carbons (Fsp3) is 0.325. The Morgan fingerprint density at radius 1 is 0.894 bits per heavy atom. The molecule has 1 aliphatic carbocycles. The van der Waals surface area contributed by atoms with E-state index in [0.29, 0.717) is 25.3 Å². The largest absolute Gasteiger partial charge is 0.497 e. The molecule has 3 unspecified atom stereocenters. The third-order valence-corrected chi connectivity index (χ3v) is 9.59. The van der Waals surface area contributed by atoms with Gasteiger partial charge in [-0.15, -0.1) is 0 Å². The molecule has 242 valence electrons. The van der Waals surface area contributed by atoms with Gasteiger partial charge in [-0.2, -0.15) is 0 Å². The number of ether oxygens (including phenoxy) is 1. The summed E-state index contributed by atoms with van der Waals surface area (Å²) >= 11 is 0. The lowest BCUT2D eigenvalue weighted by atomic mass is 9.82. The van der Waals surface area contributed by atoms with Gasteiger partial charge >= 0.3 is 0 Å². The molecular formula is C40H43N3O4. The monoisotopic (exact) mass is 629 g/mol. The molecular weight excluding hydrogens is 586 g/mol. The molecule has 1 saturated carbocycles. The van der Waals surface area contributed by atoms with Crippen LogP contribution in [0.4, 0.5) is 5.69 Å². The quantitative estimate of drug-likeness (QED) is 0.160. The van der Waals surface area contributed by atoms with Gasteiger partial charge in [0.05, 0.1) is 19.3 Å². The molecule has 3 N–H and O–H groups in total. The van der Waals surface area contributed by atoms with Gasteiger partial charge in [-0.25, -0.2) is 0 Å². The summed E-state index contributed by atoms with van der Waals surface area (Å²) in [4.78, 5) is 43.5. The standard InChI is InChI=1S/C40H43N3O4/c1-3-4-12-34(38(41)44)35(24-26-17-18-26)39(45)42-37-33-15-6-5-13-31(33)32-14-7-8-16-36(32)43(40(37)46)25-27-10-9-11-29(23-27)28-19-21-30(47-2)22-20-28/h5-11,13-16,19-23,26,34-35,37H,3-4,12,17-18,24-25H2,1-2H3,(H2,41,44)(H,42,45). The summed E-state index contributed by atoms with van der Waals surface area (Å²) in [5, 5.41) is 3.16. The van der Waals surface area contributed by atoms with E-state index >= 15 is 0 Å². The van der Waals surface area contributed by atoms with Gasteiger partial charge in [0, 0.05) is 17.4 Å². The van der Waals surface area contributed by atoms with E-state index in [2.05, 4.69) is 24.4 Å². The van der Waals surface area contributed by atoms with Gasteiger partial charge in [-0.3, -0.25) is 14.4 Å². The molecule has 4 aromatic rings. The zero-order valence-corrected chi connectivity index (χ0v) is 27.2. The van der Waals surface area contributed by atoms with E-state index < -0.39 is 23.8 Å². The zero-order valence-electron chi connectivity index (χ0n) is 27.2. The summed E-state index contributed by atoms with van der Waals surface area (Å²) in [6.45, 7) is 2.38. The molecule has 0 aromatic heterocycles. The second-order valence-electron chi connectivity index (χ2n) is 12.8. The van der Waals surface area contributed by atoms with Crippen molar-refractivity contribution < 1.29 is 19.1 Å². The zero-order chi connectivity index (χ0) is 32.9. The highest BCUT2D eigenvalue weighted by molar-refractivity contribution is 6.06. The number of amides is 3. The molecule has 3 atom stereocenters. The maximum Gasteiger partial charge on any atom is 0.254 e. The molecule has 1 heterocycles. The van der Waals surface area contributed by atoms with Crippen molar-refractivity contribution in [2.45, 2.75) is 58.0 Å². The fourth-order valence-corrected chi connectivity index (χ4v) is 6.84. The van der Waals surface area contributed by atoms with Gasteiger partial charge in [0.25, 0.3) is 5.91 Å². The SMILES string of the molecule is CCCCC(C(N)=O)C(CC1CC1)C(=O)NC1C(=O)N(Cc2cccc(-c3ccc(OC)cc3)c2)c2ccccc2-c2ccccc21. The molecule has 4 aromatic carbocycles. The van der Waals surface area contributed by atoms with Crippen LogP contribution in [0.15, 0.2) is 97.1 Å². The van der Waals surface area contributed by atoms with Gasteiger partial charge in [0.1, 0.15) is 11.8 Å². The predicted molar refractivity (Wildman–Crippen MR) is 185 cm³/mol. The van der Waals surface area contributed by atoms with Crippen molar-refractivity contribution in [1.29, 1.82) is 0 Å². The maximum absolute atomic E-state index is 14.8. The molecule has 2 aliphatic rings.